The molecule has 1 saturated heterocycles. The Kier molecular flexibility index (Phi) is 0.782. The first kappa shape index (κ1) is 3.45. The zero-order valence-electron chi connectivity index (χ0n) is 10.3. The van der Waals surface area contributed by atoms with E-state index in [9.17, 15) is 0 Å². The van der Waals surface area contributed by atoms with Crippen molar-refractivity contribution in [1.29, 1.82) is 0 Å². The maximum absolute atomic E-state index is 7.44. The highest BCUT2D eigenvalue weighted by Crippen LogP contribution is 2.25. The van der Waals surface area contributed by atoms with Crippen LogP contribution < -0.4 is 5.73 Å². The lowest BCUT2D eigenvalue weighted by Gasteiger charge is -2.28. The van der Waals surface area contributed by atoms with Crippen molar-refractivity contribution in [3.8, 4) is 0 Å². The second kappa shape index (κ2) is 2.49. The van der Waals surface area contributed by atoms with Crippen LogP contribution in [0.3, 0.4) is 0 Å². The van der Waals surface area contributed by atoms with Gasteiger partial charge in [0.25, 0.3) is 0 Å². The molecule has 0 spiro atoms. The molecule has 0 bridgehead atoms. The molecule has 4 nitrogen and oxygen atoms in total. The van der Waals surface area contributed by atoms with Crippen LogP contribution in [0.15, 0.2) is 10.8 Å². The first-order valence-corrected chi connectivity index (χ1v) is 3.66. The highest BCUT2D eigenvalue weighted by atomic mass is 79.9. The number of hydrogen-bond donors (Lipinski definition) is 1. The Morgan fingerprint density at radius 1 is 2.00 bits per heavy atom. The molecule has 2 N–H and O–H groups in total. The topological polar surface area (TPSA) is 53.1 Å². The maximum atomic E-state index is 7.44. The summed E-state index contributed by atoms with van der Waals surface area (Å²) in [4.78, 5) is 3.62. The van der Waals surface area contributed by atoms with Crippen molar-refractivity contribution in [2.75, 3.05) is 18.9 Å². The van der Waals surface area contributed by atoms with E-state index in [1.54, 1.807) is 0 Å². The van der Waals surface area contributed by atoms with E-state index < -0.39 is 19.2 Å². The number of halogens is 1. The van der Waals surface area contributed by atoms with E-state index in [0.29, 0.717) is 0 Å². The fourth-order valence-electron chi connectivity index (χ4n) is 0.774. The van der Waals surface area contributed by atoms with E-state index in [-0.39, 0.29) is 16.7 Å². The molecule has 1 aliphatic rings. The molecule has 0 aromatic carbocycles. The molecule has 11 heavy (non-hydrogen) atoms. The number of hydrogen-bond acceptors (Lipinski definition) is 3. The third-order valence-electron chi connectivity index (χ3n) is 1.32. The van der Waals surface area contributed by atoms with E-state index in [1.807, 2.05) is 0 Å². The Hall–Kier alpha value is -0.550. The minimum atomic E-state index is -2.17. The van der Waals surface area contributed by atoms with E-state index in [1.165, 1.54) is 0 Å². The van der Waals surface area contributed by atoms with Gasteiger partial charge in [0.2, 0.25) is 5.95 Å². The average Bonchev–Trinajstić information content (AvgIpc) is 2.29. The number of imidazole rings is 1. The second-order valence-electron chi connectivity index (χ2n) is 1.98. The van der Waals surface area contributed by atoms with Gasteiger partial charge in [0.05, 0.1) is 32.2 Å². The molecular weight excluding hydrogens is 210 g/mol. The van der Waals surface area contributed by atoms with Crippen molar-refractivity contribution in [3.05, 3.63) is 10.8 Å². The van der Waals surface area contributed by atoms with Crippen LogP contribution >= 0.6 is 15.9 Å². The molecule has 0 amide bonds. The van der Waals surface area contributed by atoms with Gasteiger partial charge in [-0.05, 0) is 15.9 Å². The Labute approximate surface area is 79.5 Å². The predicted octanol–water partition coefficient (Wildman–Crippen LogP) is 0.799. The summed E-state index contributed by atoms with van der Waals surface area (Å²) >= 11 is 3.02. The van der Waals surface area contributed by atoms with Crippen molar-refractivity contribution in [3.63, 3.8) is 0 Å². The molecule has 5 heteroatoms. The molecule has 1 aromatic rings. The van der Waals surface area contributed by atoms with Gasteiger partial charge in [-0.15, -0.1) is 0 Å². The van der Waals surface area contributed by atoms with Gasteiger partial charge < -0.3 is 10.5 Å². The largest absolute Gasteiger partial charge is 0.377 e. The van der Waals surface area contributed by atoms with E-state index in [2.05, 4.69) is 25.7 Å². The van der Waals surface area contributed by atoms with Gasteiger partial charge in [-0.1, -0.05) is 0 Å². The Balaban J connectivity index is 2.52. The second-order valence-corrected chi connectivity index (χ2v) is 2.73. The van der Waals surface area contributed by atoms with Gasteiger partial charge in [0.15, 0.2) is 0 Å². The van der Waals surface area contributed by atoms with E-state index in [0.717, 1.165) is 4.57 Å². The Morgan fingerprint density at radius 3 is 3.18 bits per heavy atom. The molecule has 2 heterocycles. The van der Waals surface area contributed by atoms with Crippen LogP contribution in [0.1, 0.15) is 12.9 Å². The molecule has 0 unspecified atom stereocenters. The summed E-state index contributed by atoms with van der Waals surface area (Å²) in [6.07, 6.45) is -0.170. The Morgan fingerprint density at radius 2 is 2.73 bits per heavy atom. The normalized spacial score (nSPS) is 34.1. The number of rotatable bonds is 1. The fourth-order valence-corrected chi connectivity index (χ4v) is 1.25. The third-order valence-corrected chi connectivity index (χ3v) is 1.88. The third kappa shape index (κ3) is 1.04. The van der Waals surface area contributed by atoms with Gasteiger partial charge in [-0.25, -0.2) is 4.98 Å². The van der Waals surface area contributed by atoms with E-state index in [4.69, 9.17) is 12.6 Å². The number of nitrogens with zero attached hydrogens (tertiary/aromatic N) is 2. The summed E-state index contributed by atoms with van der Waals surface area (Å²) in [6, 6.07) is -1.26. The highest BCUT2D eigenvalue weighted by Gasteiger charge is 2.23. The SMILES string of the molecule is [2H]c1nc(N)n(C2C([2H])([2H])OC2([2H])[2H])c1Br. The lowest BCUT2D eigenvalue weighted by Crippen LogP contribution is -2.31. The zero-order valence-corrected chi connectivity index (χ0v) is 6.92. The van der Waals surface area contributed by atoms with Crippen LogP contribution in [0.2, 0.25) is 0 Å². The molecule has 1 aromatic heterocycles. The van der Waals surface area contributed by atoms with Crippen molar-refractivity contribution in [1.82, 2.24) is 9.55 Å². The van der Waals surface area contributed by atoms with Gasteiger partial charge in [0.1, 0.15) is 4.60 Å². The molecule has 1 aliphatic heterocycles. The molecule has 0 aliphatic carbocycles. The van der Waals surface area contributed by atoms with Crippen molar-refractivity contribution < 1.29 is 11.6 Å². The van der Waals surface area contributed by atoms with Crippen LogP contribution in [0, 0.1) is 0 Å². The van der Waals surface area contributed by atoms with Gasteiger partial charge in [-0.3, -0.25) is 4.57 Å². The number of ether oxygens (including phenoxy) is 1. The minimum absolute atomic E-state index is 0.127. The summed E-state index contributed by atoms with van der Waals surface area (Å²) in [5.41, 5.74) is 5.51. The van der Waals surface area contributed by atoms with Gasteiger partial charge >= 0.3 is 0 Å². The lowest BCUT2D eigenvalue weighted by molar-refractivity contribution is -0.0232. The number of aromatic nitrogens is 2. The first-order valence-electron chi connectivity index (χ1n) is 5.37. The van der Waals surface area contributed by atoms with Crippen molar-refractivity contribution in [2.45, 2.75) is 6.04 Å². The lowest BCUT2D eigenvalue weighted by atomic mass is 10.2. The molecule has 1 fully saturated rings. The number of nitrogen functional groups attached to an aromatic ring is 1. The molecular formula is C6H8BrN3O. The monoisotopic (exact) mass is 222 g/mol. The molecule has 60 valence electrons. The van der Waals surface area contributed by atoms with Crippen LogP contribution in [-0.4, -0.2) is 22.7 Å². The predicted molar refractivity (Wildman–Crippen MR) is 44.2 cm³/mol. The van der Waals surface area contributed by atoms with Crippen LogP contribution in [-0.2, 0) is 4.74 Å². The minimum Gasteiger partial charge on any atom is -0.377 e. The van der Waals surface area contributed by atoms with Crippen LogP contribution in [0.25, 0.3) is 0 Å². The summed E-state index contributed by atoms with van der Waals surface area (Å²) in [6.45, 7) is -4.35. The molecule has 0 saturated carbocycles. The summed E-state index contributed by atoms with van der Waals surface area (Å²) in [7, 11) is 0. The van der Waals surface area contributed by atoms with E-state index >= 15 is 0 Å². The maximum Gasteiger partial charge on any atom is 0.201 e. The molecule has 2 rings (SSSR count). The first-order chi connectivity index (χ1) is 7.17. The number of nitrogens with two attached hydrogens (primary N) is 1. The molecule has 0 radical (unpaired) electrons. The van der Waals surface area contributed by atoms with Crippen LogP contribution in [0.5, 0.6) is 0 Å². The summed E-state index contributed by atoms with van der Waals surface area (Å²) < 4.78 is 42.8. The van der Waals surface area contributed by atoms with Crippen molar-refractivity contribution in [2.24, 2.45) is 0 Å². The smallest absolute Gasteiger partial charge is 0.201 e. The summed E-state index contributed by atoms with van der Waals surface area (Å²) in [5.74, 6) is -0.127. The highest BCUT2D eigenvalue weighted by molar-refractivity contribution is 9.10. The quantitative estimate of drug-likeness (QED) is 0.766. The van der Waals surface area contributed by atoms with Crippen molar-refractivity contribution >= 4 is 21.9 Å². The standard InChI is InChI=1S/C6H8BrN3O/c7-5-1-9-6(8)10(5)4-2-11-3-4/h1,4H,2-3H2,(H2,8,9)/i1D,2D2,3D2. The fraction of sp³-hybridized carbons (Fsp3) is 0.500. The Bertz CT molecular complexity index is 434. The zero-order chi connectivity index (χ0) is 12.3. The molecule has 0 atom stereocenters. The average molecular weight is 223 g/mol. The van der Waals surface area contributed by atoms with Gasteiger partial charge in [0, 0.05) is 0 Å². The summed E-state index contributed by atoms with van der Waals surface area (Å²) in [5, 5.41) is 0. The van der Waals surface area contributed by atoms with Crippen LogP contribution in [0.4, 0.5) is 5.95 Å². The van der Waals surface area contributed by atoms with Gasteiger partial charge in [-0.2, -0.15) is 0 Å². The number of anilines is 1.